The van der Waals surface area contributed by atoms with Crippen molar-refractivity contribution in [2.24, 2.45) is 0 Å². The summed E-state index contributed by atoms with van der Waals surface area (Å²) < 4.78 is 5.73. The molecule has 72 valence electrons. The van der Waals surface area contributed by atoms with Gasteiger partial charge in [0.05, 0.1) is 11.7 Å². The summed E-state index contributed by atoms with van der Waals surface area (Å²) in [5, 5.41) is 8.88. The van der Waals surface area contributed by atoms with E-state index < -0.39 is 0 Å². The Labute approximate surface area is 84.1 Å². The van der Waals surface area contributed by atoms with Gasteiger partial charge in [-0.3, -0.25) is 0 Å². The van der Waals surface area contributed by atoms with Crippen LogP contribution in [-0.4, -0.2) is 6.10 Å². The number of hydrogen-bond acceptors (Lipinski definition) is 2. The van der Waals surface area contributed by atoms with Gasteiger partial charge in [0.2, 0.25) is 0 Å². The molecule has 0 aromatic heterocycles. The molecule has 0 aliphatic heterocycles. The summed E-state index contributed by atoms with van der Waals surface area (Å²) in [5.74, 6) is 0.747. The molecule has 1 aliphatic rings. The lowest BCUT2D eigenvalue weighted by Gasteiger charge is -2.26. The zero-order chi connectivity index (χ0) is 9.97. The number of benzene rings is 1. The summed E-state index contributed by atoms with van der Waals surface area (Å²) in [7, 11) is 0. The standard InChI is InChI=1S/C12H13NO/c1-9-5-6-10(8-13)12(7-9)14-11-3-2-4-11/h5-7,11H,2-4H2,1H3. The molecule has 1 aromatic rings. The number of nitrogens with zero attached hydrogens (tertiary/aromatic N) is 1. The lowest BCUT2D eigenvalue weighted by molar-refractivity contribution is 0.120. The predicted octanol–water partition coefficient (Wildman–Crippen LogP) is 2.80. The number of rotatable bonds is 2. The van der Waals surface area contributed by atoms with Crippen LogP contribution in [0.2, 0.25) is 0 Å². The summed E-state index contributed by atoms with van der Waals surface area (Å²) in [4.78, 5) is 0. The molecule has 0 N–H and O–H groups in total. The molecule has 1 aliphatic carbocycles. The monoisotopic (exact) mass is 187 g/mol. The molecule has 0 radical (unpaired) electrons. The molecule has 0 spiro atoms. The van der Waals surface area contributed by atoms with E-state index in [1.165, 1.54) is 6.42 Å². The molecule has 0 saturated heterocycles. The van der Waals surface area contributed by atoms with Gasteiger partial charge in [-0.1, -0.05) is 6.07 Å². The topological polar surface area (TPSA) is 33.0 Å². The fourth-order valence-electron chi connectivity index (χ4n) is 1.49. The second-order valence-corrected chi connectivity index (χ2v) is 3.78. The van der Waals surface area contributed by atoms with Gasteiger partial charge in [-0.05, 0) is 43.9 Å². The highest BCUT2D eigenvalue weighted by atomic mass is 16.5. The van der Waals surface area contributed by atoms with E-state index >= 15 is 0 Å². The van der Waals surface area contributed by atoms with Gasteiger partial charge in [-0.25, -0.2) is 0 Å². The highest BCUT2D eigenvalue weighted by Crippen LogP contribution is 2.27. The minimum atomic E-state index is 0.337. The molecule has 0 atom stereocenters. The van der Waals surface area contributed by atoms with Crippen molar-refractivity contribution in [3.8, 4) is 11.8 Å². The maximum atomic E-state index is 8.88. The van der Waals surface area contributed by atoms with Crippen molar-refractivity contribution < 1.29 is 4.74 Å². The Morgan fingerprint density at radius 1 is 1.43 bits per heavy atom. The Bertz CT molecular complexity index is 374. The van der Waals surface area contributed by atoms with Crippen molar-refractivity contribution in [3.05, 3.63) is 29.3 Å². The van der Waals surface area contributed by atoms with E-state index in [0.29, 0.717) is 11.7 Å². The number of ether oxygens (including phenoxy) is 1. The third-order valence-electron chi connectivity index (χ3n) is 2.60. The van der Waals surface area contributed by atoms with Gasteiger partial charge in [-0.15, -0.1) is 0 Å². The van der Waals surface area contributed by atoms with Crippen LogP contribution in [0.1, 0.15) is 30.4 Å². The van der Waals surface area contributed by atoms with Crippen LogP contribution in [-0.2, 0) is 0 Å². The van der Waals surface area contributed by atoms with Crippen LogP contribution in [0.3, 0.4) is 0 Å². The molecular formula is C12H13NO. The van der Waals surface area contributed by atoms with Crippen LogP contribution in [0, 0.1) is 18.3 Å². The van der Waals surface area contributed by atoms with Gasteiger partial charge in [0.1, 0.15) is 11.8 Å². The molecule has 14 heavy (non-hydrogen) atoms. The van der Waals surface area contributed by atoms with Crippen LogP contribution in [0.15, 0.2) is 18.2 Å². The summed E-state index contributed by atoms with van der Waals surface area (Å²) in [6.45, 7) is 2.01. The van der Waals surface area contributed by atoms with E-state index in [0.717, 1.165) is 24.2 Å². The third-order valence-corrected chi connectivity index (χ3v) is 2.60. The first-order chi connectivity index (χ1) is 6.79. The zero-order valence-electron chi connectivity index (χ0n) is 8.29. The average Bonchev–Trinajstić information content (AvgIpc) is 2.12. The zero-order valence-corrected chi connectivity index (χ0v) is 8.29. The quantitative estimate of drug-likeness (QED) is 0.713. The predicted molar refractivity (Wildman–Crippen MR) is 54.2 cm³/mol. The molecule has 0 unspecified atom stereocenters. The molecule has 0 heterocycles. The Morgan fingerprint density at radius 2 is 2.21 bits per heavy atom. The first kappa shape index (κ1) is 9.08. The van der Waals surface area contributed by atoms with Gasteiger partial charge in [0.15, 0.2) is 0 Å². The first-order valence-electron chi connectivity index (χ1n) is 4.97. The second kappa shape index (κ2) is 3.71. The molecule has 2 heteroatoms. The van der Waals surface area contributed by atoms with E-state index in [2.05, 4.69) is 6.07 Å². The molecule has 2 nitrogen and oxygen atoms in total. The fourth-order valence-corrected chi connectivity index (χ4v) is 1.49. The van der Waals surface area contributed by atoms with Gasteiger partial charge in [-0.2, -0.15) is 5.26 Å². The highest BCUT2D eigenvalue weighted by molar-refractivity contribution is 5.45. The van der Waals surface area contributed by atoms with Crippen molar-refractivity contribution in [2.45, 2.75) is 32.3 Å². The lowest BCUT2D eigenvalue weighted by atomic mass is 9.96. The summed E-state index contributed by atoms with van der Waals surface area (Å²) in [6, 6.07) is 7.85. The Balaban J connectivity index is 2.21. The minimum absolute atomic E-state index is 0.337. The first-order valence-corrected chi connectivity index (χ1v) is 4.97. The SMILES string of the molecule is Cc1ccc(C#N)c(OC2CCC2)c1. The highest BCUT2D eigenvalue weighted by Gasteiger charge is 2.20. The van der Waals surface area contributed by atoms with Gasteiger partial charge in [0.25, 0.3) is 0 Å². The van der Waals surface area contributed by atoms with Crippen LogP contribution < -0.4 is 4.74 Å². The minimum Gasteiger partial charge on any atom is -0.489 e. The Kier molecular flexibility index (Phi) is 2.41. The van der Waals surface area contributed by atoms with Crippen molar-refractivity contribution in [3.63, 3.8) is 0 Å². The van der Waals surface area contributed by atoms with E-state index in [4.69, 9.17) is 10.00 Å². The van der Waals surface area contributed by atoms with Crippen molar-refractivity contribution in [1.82, 2.24) is 0 Å². The van der Waals surface area contributed by atoms with Gasteiger partial charge >= 0.3 is 0 Å². The maximum Gasteiger partial charge on any atom is 0.137 e. The number of hydrogen-bond donors (Lipinski definition) is 0. The average molecular weight is 187 g/mol. The Hall–Kier alpha value is -1.49. The number of aryl methyl sites for hydroxylation is 1. The van der Waals surface area contributed by atoms with Crippen LogP contribution in [0.25, 0.3) is 0 Å². The van der Waals surface area contributed by atoms with Crippen LogP contribution in [0.4, 0.5) is 0 Å². The van der Waals surface area contributed by atoms with Gasteiger partial charge in [0, 0.05) is 0 Å². The molecule has 0 amide bonds. The molecule has 1 saturated carbocycles. The maximum absolute atomic E-state index is 8.88. The summed E-state index contributed by atoms with van der Waals surface area (Å²) in [6.07, 6.45) is 3.83. The third kappa shape index (κ3) is 1.72. The van der Waals surface area contributed by atoms with E-state index in [-0.39, 0.29) is 0 Å². The summed E-state index contributed by atoms with van der Waals surface area (Å²) >= 11 is 0. The van der Waals surface area contributed by atoms with E-state index in [9.17, 15) is 0 Å². The Morgan fingerprint density at radius 3 is 2.79 bits per heavy atom. The molecule has 1 aromatic carbocycles. The summed E-state index contributed by atoms with van der Waals surface area (Å²) in [5.41, 5.74) is 1.78. The van der Waals surface area contributed by atoms with E-state index in [1.807, 2.05) is 25.1 Å². The van der Waals surface area contributed by atoms with Crippen LogP contribution >= 0.6 is 0 Å². The largest absolute Gasteiger partial charge is 0.489 e. The molecule has 1 fully saturated rings. The van der Waals surface area contributed by atoms with Crippen molar-refractivity contribution in [2.75, 3.05) is 0 Å². The smallest absolute Gasteiger partial charge is 0.137 e. The van der Waals surface area contributed by atoms with E-state index in [1.54, 1.807) is 0 Å². The number of nitriles is 1. The molecule has 0 bridgehead atoms. The lowest BCUT2D eigenvalue weighted by Crippen LogP contribution is -2.24. The second-order valence-electron chi connectivity index (χ2n) is 3.78. The fraction of sp³-hybridized carbons (Fsp3) is 0.417. The molecule has 2 rings (SSSR count). The van der Waals surface area contributed by atoms with Crippen molar-refractivity contribution in [1.29, 1.82) is 5.26 Å². The normalized spacial score (nSPS) is 15.7. The van der Waals surface area contributed by atoms with Crippen LogP contribution in [0.5, 0.6) is 5.75 Å². The van der Waals surface area contributed by atoms with Gasteiger partial charge < -0.3 is 4.74 Å². The molecular weight excluding hydrogens is 174 g/mol. The van der Waals surface area contributed by atoms with Crippen molar-refractivity contribution >= 4 is 0 Å².